The van der Waals surface area contributed by atoms with Crippen LogP contribution in [0, 0.1) is 0 Å². The van der Waals surface area contributed by atoms with Crippen molar-refractivity contribution >= 4 is 5.91 Å². The van der Waals surface area contributed by atoms with Crippen LogP contribution in [-0.2, 0) is 25.8 Å². The summed E-state index contributed by atoms with van der Waals surface area (Å²) in [6.45, 7) is 5.25. The van der Waals surface area contributed by atoms with Gasteiger partial charge in [0.1, 0.15) is 5.75 Å². The minimum atomic E-state index is 0.197. The van der Waals surface area contributed by atoms with E-state index in [1.165, 1.54) is 35.1 Å². The molecule has 2 aromatic carbocycles. The van der Waals surface area contributed by atoms with Crippen molar-refractivity contribution in [2.45, 2.75) is 38.6 Å². The summed E-state index contributed by atoms with van der Waals surface area (Å²) in [5.41, 5.74) is 6.37. The summed E-state index contributed by atoms with van der Waals surface area (Å²) in [6, 6.07) is 12.9. The average molecular weight is 377 g/mol. The van der Waals surface area contributed by atoms with Gasteiger partial charge < -0.3 is 9.64 Å². The lowest BCUT2D eigenvalue weighted by Crippen LogP contribution is -2.48. The molecular weight excluding hydrogens is 348 g/mol. The van der Waals surface area contributed by atoms with Crippen LogP contribution in [0.5, 0.6) is 5.75 Å². The molecule has 0 radical (unpaired) electrons. The SMILES string of the molecule is O=C(c1ccc2c(c1)CCCC2)N1CCN(Cc2ccc3c(c2)CCO3)CC1. The lowest BCUT2D eigenvalue weighted by atomic mass is 9.90. The third-order valence-corrected chi connectivity index (χ3v) is 6.41. The van der Waals surface area contributed by atoms with Crippen molar-refractivity contribution in [3.8, 4) is 5.75 Å². The van der Waals surface area contributed by atoms with E-state index < -0.39 is 0 Å². The third kappa shape index (κ3) is 3.53. The number of fused-ring (bicyclic) bond motifs is 2. The maximum Gasteiger partial charge on any atom is 0.253 e. The fourth-order valence-corrected chi connectivity index (χ4v) is 4.75. The molecular formula is C24H28N2O2. The Kier molecular flexibility index (Phi) is 4.81. The van der Waals surface area contributed by atoms with Gasteiger partial charge in [-0.1, -0.05) is 18.2 Å². The molecule has 0 N–H and O–H groups in total. The number of ether oxygens (including phenoxy) is 1. The number of carbonyl (C=O) groups is 1. The number of hydrogen-bond donors (Lipinski definition) is 0. The standard InChI is InChI=1S/C24H28N2O2/c27-24(22-7-6-19-3-1-2-4-20(19)16-22)26-12-10-25(11-13-26)17-18-5-8-23-21(15-18)9-14-28-23/h5-8,15-16H,1-4,9-14,17H2. The zero-order valence-corrected chi connectivity index (χ0v) is 16.5. The van der Waals surface area contributed by atoms with E-state index in [2.05, 4.69) is 35.2 Å². The van der Waals surface area contributed by atoms with Gasteiger partial charge in [0.25, 0.3) is 5.91 Å². The van der Waals surface area contributed by atoms with Gasteiger partial charge in [0.2, 0.25) is 0 Å². The lowest BCUT2D eigenvalue weighted by molar-refractivity contribution is 0.0628. The number of piperazine rings is 1. The van der Waals surface area contributed by atoms with Crippen molar-refractivity contribution in [1.82, 2.24) is 9.80 Å². The van der Waals surface area contributed by atoms with E-state index in [0.29, 0.717) is 0 Å². The molecule has 1 aliphatic carbocycles. The second-order valence-electron chi connectivity index (χ2n) is 8.30. The number of amides is 1. The summed E-state index contributed by atoms with van der Waals surface area (Å²) in [6.07, 6.45) is 5.83. The molecule has 0 unspecified atom stereocenters. The van der Waals surface area contributed by atoms with Gasteiger partial charge in [-0.25, -0.2) is 0 Å². The van der Waals surface area contributed by atoms with Crippen molar-refractivity contribution in [2.75, 3.05) is 32.8 Å². The Balaban J connectivity index is 1.19. The maximum absolute atomic E-state index is 13.0. The van der Waals surface area contributed by atoms with Gasteiger partial charge in [0, 0.05) is 44.7 Å². The Labute approximate surface area is 167 Å². The number of rotatable bonds is 3. The van der Waals surface area contributed by atoms with Gasteiger partial charge >= 0.3 is 0 Å². The highest BCUT2D eigenvalue weighted by molar-refractivity contribution is 5.94. The normalized spacial score (nSPS) is 19.1. The fraction of sp³-hybridized carbons (Fsp3) is 0.458. The fourth-order valence-electron chi connectivity index (χ4n) is 4.75. The van der Waals surface area contributed by atoms with Crippen LogP contribution in [0.4, 0.5) is 0 Å². The highest BCUT2D eigenvalue weighted by Crippen LogP contribution is 2.27. The first kappa shape index (κ1) is 17.7. The van der Waals surface area contributed by atoms with Crippen LogP contribution in [0.2, 0.25) is 0 Å². The number of aryl methyl sites for hydroxylation is 2. The third-order valence-electron chi connectivity index (χ3n) is 6.41. The molecule has 2 heterocycles. The largest absolute Gasteiger partial charge is 0.493 e. The summed E-state index contributed by atoms with van der Waals surface area (Å²) in [4.78, 5) is 17.4. The topological polar surface area (TPSA) is 32.8 Å². The minimum Gasteiger partial charge on any atom is -0.493 e. The number of hydrogen-bond acceptors (Lipinski definition) is 3. The second kappa shape index (κ2) is 7.59. The first-order chi connectivity index (χ1) is 13.8. The molecule has 28 heavy (non-hydrogen) atoms. The number of carbonyl (C=O) groups excluding carboxylic acids is 1. The second-order valence-corrected chi connectivity index (χ2v) is 8.30. The smallest absolute Gasteiger partial charge is 0.253 e. The van der Waals surface area contributed by atoms with Gasteiger partial charge in [-0.15, -0.1) is 0 Å². The van der Waals surface area contributed by atoms with E-state index in [-0.39, 0.29) is 5.91 Å². The molecule has 4 nitrogen and oxygen atoms in total. The maximum atomic E-state index is 13.0. The number of benzene rings is 2. The van der Waals surface area contributed by atoms with Gasteiger partial charge in [-0.05, 0) is 66.1 Å². The van der Waals surface area contributed by atoms with Crippen LogP contribution >= 0.6 is 0 Å². The monoisotopic (exact) mass is 376 g/mol. The highest BCUT2D eigenvalue weighted by Gasteiger charge is 2.23. The molecule has 0 saturated carbocycles. The lowest BCUT2D eigenvalue weighted by Gasteiger charge is -2.35. The quantitative estimate of drug-likeness (QED) is 0.822. The summed E-state index contributed by atoms with van der Waals surface area (Å²) < 4.78 is 5.60. The first-order valence-corrected chi connectivity index (χ1v) is 10.6. The minimum absolute atomic E-state index is 0.197. The molecule has 1 fully saturated rings. The molecule has 3 aliphatic rings. The Hall–Kier alpha value is -2.33. The van der Waals surface area contributed by atoms with Gasteiger partial charge in [0.15, 0.2) is 0 Å². The zero-order chi connectivity index (χ0) is 18.9. The van der Waals surface area contributed by atoms with E-state index in [1.54, 1.807) is 0 Å². The zero-order valence-electron chi connectivity index (χ0n) is 16.5. The van der Waals surface area contributed by atoms with Crippen molar-refractivity contribution in [1.29, 1.82) is 0 Å². The highest BCUT2D eigenvalue weighted by atomic mass is 16.5. The molecule has 2 aromatic rings. The van der Waals surface area contributed by atoms with E-state index >= 15 is 0 Å². The van der Waals surface area contributed by atoms with Gasteiger partial charge in [-0.2, -0.15) is 0 Å². The van der Waals surface area contributed by atoms with Crippen molar-refractivity contribution in [3.63, 3.8) is 0 Å². The molecule has 1 amide bonds. The first-order valence-electron chi connectivity index (χ1n) is 10.6. The van der Waals surface area contributed by atoms with Crippen LogP contribution in [0.25, 0.3) is 0 Å². The molecule has 0 bridgehead atoms. The predicted octanol–water partition coefficient (Wildman–Crippen LogP) is 3.46. The van der Waals surface area contributed by atoms with Crippen LogP contribution in [0.15, 0.2) is 36.4 Å². The molecule has 4 heteroatoms. The van der Waals surface area contributed by atoms with Crippen molar-refractivity contribution < 1.29 is 9.53 Å². The van der Waals surface area contributed by atoms with E-state index in [9.17, 15) is 4.79 Å². The van der Waals surface area contributed by atoms with Crippen LogP contribution in [-0.4, -0.2) is 48.5 Å². The molecule has 5 rings (SSSR count). The average Bonchev–Trinajstić information content (AvgIpc) is 3.21. The molecule has 0 atom stereocenters. The Bertz CT molecular complexity index is 884. The van der Waals surface area contributed by atoms with Crippen molar-refractivity contribution in [3.05, 3.63) is 64.2 Å². The summed E-state index contributed by atoms with van der Waals surface area (Å²) in [5.74, 6) is 1.24. The molecule has 1 saturated heterocycles. The Morgan fingerprint density at radius 1 is 0.857 bits per heavy atom. The molecule has 146 valence electrons. The van der Waals surface area contributed by atoms with E-state index in [0.717, 1.165) is 69.9 Å². The van der Waals surface area contributed by atoms with Crippen LogP contribution in [0.1, 0.15) is 45.5 Å². The summed E-state index contributed by atoms with van der Waals surface area (Å²) in [5, 5.41) is 0. The summed E-state index contributed by atoms with van der Waals surface area (Å²) >= 11 is 0. The van der Waals surface area contributed by atoms with Gasteiger partial charge in [0.05, 0.1) is 6.61 Å². The molecule has 2 aliphatic heterocycles. The molecule has 0 spiro atoms. The number of nitrogens with zero attached hydrogens (tertiary/aromatic N) is 2. The Morgan fingerprint density at radius 2 is 1.68 bits per heavy atom. The van der Waals surface area contributed by atoms with E-state index in [4.69, 9.17) is 4.74 Å². The predicted molar refractivity (Wildman–Crippen MR) is 110 cm³/mol. The van der Waals surface area contributed by atoms with Crippen LogP contribution in [0.3, 0.4) is 0 Å². The molecule has 0 aromatic heterocycles. The van der Waals surface area contributed by atoms with Crippen molar-refractivity contribution in [2.24, 2.45) is 0 Å². The van der Waals surface area contributed by atoms with Crippen LogP contribution < -0.4 is 4.74 Å². The Morgan fingerprint density at radius 3 is 2.54 bits per heavy atom. The van der Waals surface area contributed by atoms with E-state index in [1.807, 2.05) is 11.0 Å². The van der Waals surface area contributed by atoms with Gasteiger partial charge in [-0.3, -0.25) is 9.69 Å². The summed E-state index contributed by atoms with van der Waals surface area (Å²) in [7, 11) is 0.